The summed E-state index contributed by atoms with van der Waals surface area (Å²) in [6.07, 6.45) is 3.18. The van der Waals surface area contributed by atoms with Crippen LogP contribution in [0.1, 0.15) is 26.2 Å². The average molecular weight is 134 g/mol. The highest BCUT2D eigenvalue weighted by atomic mass is 32.2. The Kier molecular flexibility index (Phi) is 5.06. The van der Waals surface area contributed by atoms with Crippen molar-refractivity contribution in [2.45, 2.75) is 26.2 Å². The second kappa shape index (κ2) is 5.09. The Labute approximate surface area is 52.3 Å². The minimum absolute atomic E-state index is 0.549. The number of rotatable bonds is 4. The molecular weight excluding hydrogens is 122 g/mol. The van der Waals surface area contributed by atoms with Crippen LogP contribution in [0.25, 0.3) is 0 Å². The molecule has 1 N–H and O–H groups in total. The van der Waals surface area contributed by atoms with E-state index >= 15 is 0 Å². The molecule has 0 saturated carbocycles. The first kappa shape index (κ1) is 7.95. The van der Waals surface area contributed by atoms with Gasteiger partial charge < -0.3 is 8.99 Å². The Bertz CT molecular complexity index is 101. The molecule has 0 rings (SSSR count). The Morgan fingerprint density at radius 1 is 1.50 bits per heavy atom. The minimum atomic E-state index is -1.32. The molecule has 0 radical (unpaired) electrons. The summed E-state index contributed by atoms with van der Waals surface area (Å²) >= 11 is 0. The molecule has 0 fully saturated rings. The average Bonchev–Trinajstić information content (AvgIpc) is 1.66. The van der Waals surface area contributed by atoms with Crippen molar-refractivity contribution in [3.8, 4) is 0 Å². The fourth-order valence-electron chi connectivity index (χ4n) is 0.483. The lowest BCUT2D eigenvalue weighted by Gasteiger charge is -1.96. The molecule has 0 atom stereocenters. The van der Waals surface area contributed by atoms with Gasteiger partial charge in [-0.2, -0.15) is 10.6 Å². The van der Waals surface area contributed by atoms with Crippen molar-refractivity contribution in [1.29, 1.82) is 4.78 Å². The quantitative estimate of drug-likeness (QED) is 0.463. The highest BCUT2D eigenvalue weighted by Crippen LogP contribution is 1.92. The van der Waals surface area contributed by atoms with Crippen molar-refractivity contribution in [2.24, 2.45) is 0 Å². The molecule has 2 nitrogen and oxygen atoms in total. The minimum Gasteiger partial charge on any atom is -0.445 e. The molecule has 0 aromatic carbocycles. The molecule has 8 heavy (non-hydrogen) atoms. The van der Waals surface area contributed by atoms with Crippen LogP contribution in [-0.4, -0.2) is 5.75 Å². The van der Waals surface area contributed by atoms with E-state index in [2.05, 4.69) is 6.92 Å². The topological polar surface area (TPSA) is 40.9 Å². The first-order chi connectivity index (χ1) is 3.77. The second-order valence-electron chi connectivity index (χ2n) is 1.76. The first-order valence-electron chi connectivity index (χ1n) is 2.87. The third kappa shape index (κ3) is 5.95. The SMILES string of the molecule is CCCCC[S-](=N)=O. The smallest absolute Gasteiger partial charge is 0.0552 e. The lowest BCUT2D eigenvalue weighted by atomic mass is 10.3. The van der Waals surface area contributed by atoms with E-state index in [1.807, 2.05) is 0 Å². The molecule has 0 amide bonds. The fourth-order valence-corrected chi connectivity index (χ4v) is 0.949. The van der Waals surface area contributed by atoms with Gasteiger partial charge in [0.2, 0.25) is 0 Å². The molecule has 0 aliphatic heterocycles. The van der Waals surface area contributed by atoms with E-state index in [9.17, 15) is 4.21 Å². The van der Waals surface area contributed by atoms with E-state index in [-0.39, 0.29) is 0 Å². The third-order valence-corrected chi connectivity index (χ3v) is 1.59. The van der Waals surface area contributed by atoms with Crippen molar-refractivity contribution in [3.05, 3.63) is 0 Å². The summed E-state index contributed by atoms with van der Waals surface area (Å²) in [6.45, 7) is 2.09. The standard InChI is InChI=1S/C5H12NOS/c1-2-3-4-5-8(6)7/h6H,2-5H2,1H3/q-1. The lowest BCUT2D eigenvalue weighted by Crippen LogP contribution is -1.83. The Balaban J connectivity index is 2.94. The zero-order chi connectivity index (χ0) is 6.41. The van der Waals surface area contributed by atoms with Gasteiger partial charge in [-0.25, -0.2) is 0 Å². The zero-order valence-electron chi connectivity index (χ0n) is 5.14. The first-order valence-corrected chi connectivity index (χ1v) is 4.19. The molecule has 50 valence electrons. The van der Waals surface area contributed by atoms with Crippen LogP contribution in [0.5, 0.6) is 0 Å². The Hall–Kier alpha value is -0.0500. The van der Waals surface area contributed by atoms with E-state index in [4.69, 9.17) is 4.78 Å². The fraction of sp³-hybridized carbons (Fsp3) is 1.00. The van der Waals surface area contributed by atoms with Crippen LogP contribution < -0.4 is 0 Å². The zero-order valence-corrected chi connectivity index (χ0v) is 5.96. The summed E-state index contributed by atoms with van der Waals surface area (Å²) < 4.78 is 16.7. The van der Waals surface area contributed by atoms with Gasteiger partial charge in [0.25, 0.3) is 0 Å². The molecular formula is C5H12NOS-. The van der Waals surface area contributed by atoms with Crippen molar-refractivity contribution < 1.29 is 4.21 Å². The Morgan fingerprint density at radius 2 is 2.12 bits per heavy atom. The summed E-state index contributed by atoms with van der Waals surface area (Å²) in [5.41, 5.74) is 0. The lowest BCUT2D eigenvalue weighted by molar-refractivity contribution is 0.596. The van der Waals surface area contributed by atoms with Crippen LogP contribution in [0.4, 0.5) is 0 Å². The van der Waals surface area contributed by atoms with Gasteiger partial charge >= 0.3 is 0 Å². The van der Waals surface area contributed by atoms with Crippen LogP contribution in [0, 0.1) is 4.78 Å². The van der Waals surface area contributed by atoms with Crippen LogP contribution >= 0.6 is 0 Å². The van der Waals surface area contributed by atoms with Crippen molar-refractivity contribution in [2.75, 3.05) is 5.75 Å². The summed E-state index contributed by atoms with van der Waals surface area (Å²) in [5, 5.41) is 0. The van der Waals surface area contributed by atoms with E-state index in [0.29, 0.717) is 5.75 Å². The molecule has 0 aliphatic carbocycles. The number of hydrogen-bond donors (Lipinski definition) is 1. The predicted octanol–water partition coefficient (Wildman–Crippen LogP) is 1.90. The van der Waals surface area contributed by atoms with Crippen molar-refractivity contribution >= 4 is 10.6 Å². The molecule has 0 heterocycles. The molecule has 0 aromatic rings. The maximum Gasteiger partial charge on any atom is -0.0552 e. The maximum absolute atomic E-state index is 10.1. The van der Waals surface area contributed by atoms with Crippen molar-refractivity contribution in [1.82, 2.24) is 0 Å². The molecule has 0 aliphatic rings. The van der Waals surface area contributed by atoms with Crippen LogP contribution in [-0.2, 0) is 14.8 Å². The van der Waals surface area contributed by atoms with Crippen molar-refractivity contribution in [3.63, 3.8) is 0 Å². The molecule has 0 aromatic heterocycles. The van der Waals surface area contributed by atoms with Gasteiger partial charge in [0.05, 0.1) is 0 Å². The normalized spacial score (nSPS) is 10.2. The largest absolute Gasteiger partial charge is 0.445 e. The Morgan fingerprint density at radius 3 is 2.50 bits per heavy atom. The van der Waals surface area contributed by atoms with E-state index < -0.39 is 10.6 Å². The number of unbranched alkanes of at least 4 members (excludes halogenated alkanes) is 2. The molecule has 0 saturated heterocycles. The molecule has 0 spiro atoms. The van der Waals surface area contributed by atoms with Crippen LogP contribution in [0.15, 0.2) is 0 Å². The number of nitrogens with one attached hydrogen (secondary N) is 1. The summed E-state index contributed by atoms with van der Waals surface area (Å²) in [4.78, 5) is 0. The maximum atomic E-state index is 10.1. The van der Waals surface area contributed by atoms with Gasteiger partial charge in [-0.1, -0.05) is 31.9 Å². The summed E-state index contributed by atoms with van der Waals surface area (Å²) in [7, 11) is -1.32. The van der Waals surface area contributed by atoms with E-state index in [1.165, 1.54) is 0 Å². The van der Waals surface area contributed by atoms with Gasteiger partial charge in [0.15, 0.2) is 0 Å². The molecule has 0 unspecified atom stereocenters. The second-order valence-corrected chi connectivity index (χ2v) is 2.86. The third-order valence-electron chi connectivity index (χ3n) is 0.933. The number of hydrogen-bond acceptors (Lipinski definition) is 3. The van der Waals surface area contributed by atoms with E-state index in [1.54, 1.807) is 0 Å². The van der Waals surface area contributed by atoms with E-state index in [0.717, 1.165) is 19.3 Å². The predicted molar refractivity (Wildman–Crippen MR) is 35.2 cm³/mol. The van der Waals surface area contributed by atoms with Gasteiger partial charge in [-0.15, -0.1) is 0 Å². The van der Waals surface area contributed by atoms with Gasteiger partial charge in [0, 0.05) is 0 Å². The van der Waals surface area contributed by atoms with Crippen LogP contribution in [0.2, 0.25) is 0 Å². The molecule has 3 heteroatoms. The highest BCUT2D eigenvalue weighted by molar-refractivity contribution is 7.73. The molecule has 0 bridgehead atoms. The van der Waals surface area contributed by atoms with Gasteiger partial charge in [0.1, 0.15) is 0 Å². The summed E-state index contributed by atoms with van der Waals surface area (Å²) in [6, 6.07) is 0. The monoisotopic (exact) mass is 134 g/mol. The van der Waals surface area contributed by atoms with Gasteiger partial charge in [-0.3, -0.25) is 0 Å². The highest BCUT2D eigenvalue weighted by Gasteiger charge is 1.76. The van der Waals surface area contributed by atoms with Crippen LogP contribution in [0.3, 0.4) is 0 Å². The van der Waals surface area contributed by atoms with Gasteiger partial charge in [-0.05, 0) is 0 Å². The summed E-state index contributed by atoms with van der Waals surface area (Å²) in [5.74, 6) is 0.549.